The minimum atomic E-state index is 0.345. The van der Waals surface area contributed by atoms with Crippen LogP contribution in [-0.2, 0) is 4.79 Å². The van der Waals surface area contributed by atoms with Crippen LogP contribution >= 0.6 is 11.8 Å². The van der Waals surface area contributed by atoms with E-state index in [0.29, 0.717) is 11.9 Å². The first-order valence-electron chi connectivity index (χ1n) is 5.13. The molecule has 3 heteroatoms. The molecule has 0 aromatic carbocycles. The Morgan fingerprint density at radius 1 is 1.54 bits per heavy atom. The van der Waals surface area contributed by atoms with Gasteiger partial charge in [-0.1, -0.05) is 6.92 Å². The van der Waals surface area contributed by atoms with Crippen molar-refractivity contribution in [1.82, 2.24) is 4.90 Å². The second-order valence-electron chi connectivity index (χ2n) is 3.59. The lowest BCUT2D eigenvalue weighted by atomic mass is 10.2. The predicted molar refractivity (Wildman–Crippen MR) is 58.0 cm³/mol. The molecule has 0 spiro atoms. The third kappa shape index (κ3) is 3.22. The monoisotopic (exact) mass is 201 g/mol. The molecule has 76 valence electrons. The van der Waals surface area contributed by atoms with Crippen LogP contribution in [0.25, 0.3) is 0 Å². The zero-order valence-electron chi connectivity index (χ0n) is 8.58. The van der Waals surface area contributed by atoms with E-state index in [1.54, 1.807) is 0 Å². The number of nitrogens with zero attached hydrogens (tertiary/aromatic N) is 1. The Morgan fingerprint density at radius 2 is 2.31 bits per heavy atom. The Labute approximate surface area is 85.1 Å². The highest BCUT2D eigenvalue weighted by atomic mass is 32.2. The number of hydrogen-bond acceptors (Lipinski definition) is 2. The molecule has 1 rings (SSSR count). The molecule has 1 aliphatic rings. The van der Waals surface area contributed by atoms with Gasteiger partial charge in [0.2, 0.25) is 5.91 Å². The van der Waals surface area contributed by atoms with E-state index in [-0.39, 0.29) is 0 Å². The largest absolute Gasteiger partial charge is 0.339 e. The number of thioether (sulfide) groups is 1. The van der Waals surface area contributed by atoms with Crippen LogP contribution in [0.15, 0.2) is 0 Å². The van der Waals surface area contributed by atoms with Gasteiger partial charge in [0, 0.05) is 24.8 Å². The van der Waals surface area contributed by atoms with Crippen molar-refractivity contribution in [3.05, 3.63) is 0 Å². The number of carbonyl (C=O) groups is 1. The maximum atomic E-state index is 11.7. The van der Waals surface area contributed by atoms with Crippen LogP contribution in [0.3, 0.4) is 0 Å². The minimum Gasteiger partial charge on any atom is -0.339 e. The molecule has 1 unspecified atom stereocenters. The average molecular weight is 201 g/mol. The van der Waals surface area contributed by atoms with E-state index >= 15 is 0 Å². The SMILES string of the molecule is CCCC(=O)N1CCSCCC1C. The van der Waals surface area contributed by atoms with Gasteiger partial charge in [-0.25, -0.2) is 0 Å². The van der Waals surface area contributed by atoms with Crippen molar-refractivity contribution in [2.45, 2.75) is 39.2 Å². The van der Waals surface area contributed by atoms with Gasteiger partial charge in [0.15, 0.2) is 0 Å². The van der Waals surface area contributed by atoms with Crippen molar-refractivity contribution >= 4 is 17.7 Å². The fourth-order valence-corrected chi connectivity index (χ4v) is 2.66. The standard InChI is InChI=1S/C10H19NOS/c1-3-4-10(12)11-6-8-13-7-5-9(11)2/h9H,3-8H2,1-2H3. The van der Waals surface area contributed by atoms with Crippen molar-refractivity contribution < 1.29 is 4.79 Å². The zero-order chi connectivity index (χ0) is 9.68. The van der Waals surface area contributed by atoms with Gasteiger partial charge in [-0.15, -0.1) is 0 Å². The normalized spacial score (nSPS) is 24.2. The lowest BCUT2D eigenvalue weighted by molar-refractivity contribution is -0.132. The van der Waals surface area contributed by atoms with Crippen LogP contribution in [0, 0.1) is 0 Å². The summed E-state index contributed by atoms with van der Waals surface area (Å²) >= 11 is 1.96. The number of hydrogen-bond donors (Lipinski definition) is 0. The Morgan fingerprint density at radius 3 is 3.00 bits per heavy atom. The second-order valence-corrected chi connectivity index (χ2v) is 4.81. The van der Waals surface area contributed by atoms with Crippen LogP contribution < -0.4 is 0 Å². The Kier molecular flexibility index (Phi) is 4.64. The van der Waals surface area contributed by atoms with Crippen LogP contribution in [0.4, 0.5) is 0 Å². The molecule has 1 fully saturated rings. The number of rotatable bonds is 2. The van der Waals surface area contributed by atoms with E-state index in [9.17, 15) is 4.79 Å². The summed E-state index contributed by atoms with van der Waals surface area (Å²) in [7, 11) is 0. The van der Waals surface area contributed by atoms with E-state index in [1.807, 2.05) is 11.8 Å². The highest BCUT2D eigenvalue weighted by molar-refractivity contribution is 7.99. The third-order valence-electron chi connectivity index (χ3n) is 2.47. The molecular weight excluding hydrogens is 182 g/mol. The van der Waals surface area contributed by atoms with Gasteiger partial charge >= 0.3 is 0 Å². The van der Waals surface area contributed by atoms with E-state index in [1.165, 1.54) is 5.75 Å². The molecule has 0 saturated carbocycles. The maximum absolute atomic E-state index is 11.7. The van der Waals surface area contributed by atoms with Gasteiger partial charge in [-0.2, -0.15) is 11.8 Å². The molecule has 1 saturated heterocycles. The molecular formula is C10H19NOS. The average Bonchev–Trinajstić information content (AvgIpc) is 2.30. The van der Waals surface area contributed by atoms with Crippen LogP contribution in [-0.4, -0.2) is 34.9 Å². The zero-order valence-corrected chi connectivity index (χ0v) is 9.40. The highest BCUT2D eigenvalue weighted by Crippen LogP contribution is 2.16. The fraction of sp³-hybridized carbons (Fsp3) is 0.900. The predicted octanol–water partition coefficient (Wildman–Crippen LogP) is 2.14. The molecule has 1 amide bonds. The molecule has 1 aliphatic heterocycles. The summed E-state index contributed by atoms with van der Waals surface area (Å²) in [6, 6.07) is 0.453. The third-order valence-corrected chi connectivity index (χ3v) is 3.47. The van der Waals surface area contributed by atoms with Gasteiger partial charge in [-0.3, -0.25) is 4.79 Å². The first-order valence-corrected chi connectivity index (χ1v) is 6.28. The first kappa shape index (κ1) is 10.9. The van der Waals surface area contributed by atoms with E-state index < -0.39 is 0 Å². The summed E-state index contributed by atoms with van der Waals surface area (Å²) in [5, 5.41) is 0. The van der Waals surface area contributed by atoms with Crippen molar-refractivity contribution in [2.24, 2.45) is 0 Å². The molecule has 2 nitrogen and oxygen atoms in total. The highest BCUT2D eigenvalue weighted by Gasteiger charge is 2.20. The summed E-state index contributed by atoms with van der Waals surface area (Å²) in [5.74, 6) is 2.66. The Balaban J connectivity index is 2.48. The summed E-state index contributed by atoms with van der Waals surface area (Å²) in [4.78, 5) is 13.7. The lowest BCUT2D eigenvalue weighted by Gasteiger charge is -2.26. The molecule has 0 aliphatic carbocycles. The van der Waals surface area contributed by atoms with Crippen molar-refractivity contribution in [2.75, 3.05) is 18.1 Å². The molecule has 1 heterocycles. The quantitative estimate of drug-likeness (QED) is 0.682. The van der Waals surface area contributed by atoms with Gasteiger partial charge < -0.3 is 4.90 Å². The molecule has 0 aromatic heterocycles. The minimum absolute atomic E-state index is 0.345. The van der Waals surface area contributed by atoms with Crippen LogP contribution in [0.1, 0.15) is 33.1 Å². The smallest absolute Gasteiger partial charge is 0.222 e. The Bertz CT molecular complexity index is 172. The van der Waals surface area contributed by atoms with Gasteiger partial charge in [0.1, 0.15) is 0 Å². The first-order chi connectivity index (χ1) is 6.25. The van der Waals surface area contributed by atoms with E-state index in [2.05, 4.69) is 18.7 Å². The van der Waals surface area contributed by atoms with Gasteiger partial charge in [0.05, 0.1) is 0 Å². The molecule has 0 N–H and O–H groups in total. The van der Waals surface area contributed by atoms with Crippen LogP contribution in [0.2, 0.25) is 0 Å². The topological polar surface area (TPSA) is 20.3 Å². The summed E-state index contributed by atoms with van der Waals surface area (Å²) in [5.41, 5.74) is 0. The maximum Gasteiger partial charge on any atom is 0.222 e. The summed E-state index contributed by atoms with van der Waals surface area (Å²) < 4.78 is 0. The second kappa shape index (κ2) is 5.53. The van der Waals surface area contributed by atoms with E-state index in [0.717, 1.165) is 31.6 Å². The molecule has 0 aromatic rings. The lowest BCUT2D eigenvalue weighted by Crippen LogP contribution is -2.38. The van der Waals surface area contributed by atoms with Gasteiger partial charge in [0.25, 0.3) is 0 Å². The van der Waals surface area contributed by atoms with E-state index in [4.69, 9.17) is 0 Å². The number of carbonyl (C=O) groups excluding carboxylic acids is 1. The molecule has 13 heavy (non-hydrogen) atoms. The fourth-order valence-electron chi connectivity index (χ4n) is 1.62. The van der Waals surface area contributed by atoms with Crippen molar-refractivity contribution in [1.29, 1.82) is 0 Å². The Hall–Kier alpha value is -0.180. The summed E-state index contributed by atoms with van der Waals surface area (Å²) in [6.45, 7) is 5.18. The molecule has 0 radical (unpaired) electrons. The van der Waals surface area contributed by atoms with Crippen molar-refractivity contribution in [3.8, 4) is 0 Å². The van der Waals surface area contributed by atoms with Gasteiger partial charge in [-0.05, 0) is 25.5 Å². The number of amides is 1. The van der Waals surface area contributed by atoms with Crippen molar-refractivity contribution in [3.63, 3.8) is 0 Å². The van der Waals surface area contributed by atoms with Crippen LogP contribution in [0.5, 0.6) is 0 Å². The summed E-state index contributed by atoms with van der Waals surface area (Å²) in [6.07, 6.45) is 2.84. The molecule has 0 bridgehead atoms. The molecule has 1 atom stereocenters.